The van der Waals surface area contributed by atoms with Crippen LogP contribution in [0.15, 0.2) is 27.2 Å². The first-order chi connectivity index (χ1) is 12.3. The van der Waals surface area contributed by atoms with Gasteiger partial charge in [-0.15, -0.1) is 22.0 Å². The molecule has 1 saturated carbocycles. The van der Waals surface area contributed by atoms with Gasteiger partial charge < -0.3 is 13.7 Å². The molecular formula is C18H23N3O3S. The average Bonchev–Trinajstić information content (AvgIpc) is 3.42. The molecule has 2 aromatic heterocycles. The van der Waals surface area contributed by atoms with Gasteiger partial charge in [-0.05, 0) is 37.8 Å². The zero-order valence-electron chi connectivity index (χ0n) is 14.2. The summed E-state index contributed by atoms with van der Waals surface area (Å²) in [5.41, 5.74) is 0. The minimum Gasteiger partial charge on any atom is -0.459 e. The molecule has 134 valence electrons. The number of carbonyl (C=O) groups excluding carboxylic acids is 1. The molecule has 0 aromatic carbocycles. The first-order valence-corrected chi connectivity index (χ1v) is 10.1. The predicted molar refractivity (Wildman–Crippen MR) is 95.3 cm³/mol. The Morgan fingerprint density at radius 1 is 1.20 bits per heavy atom. The Morgan fingerprint density at radius 3 is 2.72 bits per heavy atom. The molecule has 2 aromatic rings. The molecule has 1 saturated heterocycles. The van der Waals surface area contributed by atoms with E-state index >= 15 is 0 Å². The van der Waals surface area contributed by atoms with Crippen molar-refractivity contribution in [2.75, 3.05) is 18.8 Å². The van der Waals surface area contributed by atoms with Gasteiger partial charge in [0.05, 0.1) is 12.0 Å². The topological polar surface area (TPSA) is 72.4 Å². The van der Waals surface area contributed by atoms with Crippen LogP contribution in [0.1, 0.15) is 50.3 Å². The Hall–Kier alpha value is -1.76. The number of nitrogens with zero attached hydrogens (tertiary/aromatic N) is 3. The van der Waals surface area contributed by atoms with Crippen molar-refractivity contribution in [2.45, 2.75) is 49.7 Å². The lowest BCUT2D eigenvalue weighted by molar-refractivity contribution is -0.129. The highest BCUT2D eigenvalue weighted by molar-refractivity contribution is 8.00. The molecule has 6 nitrogen and oxygen atoms in total. The fraction of sp³-hybridized carbons (Fsp3) is 0.611. The number of carbonyl (C=O) groups is 1. The summed E-state index contributed by atoms with van der Waals surface area (Å²) in [4.78, 5) is 14.4. The number of rotatable bonds is 5. The number of thioether (sulfide) groups is 1. The monoisotopic (exact) mass is 361 g/mol. The summed E-state index contributed by atoms with van der Waals surface area (Å²) in [5, 5.41) is 8.93. The maximum absolute atomic E-state index is 12.4. The summed E-state index contributed by atoms with van der Waals surface area (Å²) in [5.74, 6) is 2.79. The maximum atomic E-state index is 12.4. The van der Waals surface area contributed by atoms with Crippen LogP contribution in [0.2, 0.25) is 0 Å². The van der Waals surface area contributed by atoms with E-state index in [-0.39, 0.29) is 11.8 Å². The Kier molecular flexibility index (Phi) is 5.10. The molecule has 4 rings (SSSR count). The van der Waals surface area contributed by atoms with E-state index in [1.165, 1.54) is 25.7 Å². The van der Waals surface area contributed by atoms with Crippen LogP contribution in [0, 0.1) is 0 Å². The predicted octanol–water partition coefficient (Wildman–Crippen LogP) is 3.71. The Balaban J connectivity index is 1.27. The third kappa shape index (κ3) is 3.92. The van der Waals surface area contributed by atoms with Crippen molar-refractivity contribution in [3.05, 3.63) is 24.3 Å². The van der Waals surface area contributed by atoms with Gasteiger partial charge in [0.1, 0.15) is 0 Å². The second-order valence-corrected chi connectivity index (χ2v) is 8.08. The number of likely N-dealkylation sites (tertiary alicyclic amines) is 1. The van der Waals surface area contributed by atoms with Crippen molar-refractivity contribution in [1.29, 1.82) is 0 Å². The number of furan rings is 1. The lowest BCUT2D eigenvalue weighted by Crippen LogP contribution is -2.39. The van der Waals surface area contributed by atoms with Gasteiger partial charge in [0.25, 0.3) is 5.89 Å². The van der Waals surface area contributed by atoms with Gasteiger partial charge in [0, 0.05) is 24.3 Å². The molecule has 25 heavy (non-hydrogen) atoms. The third-order valence-electron chi connectivity index (χ3n) is 5.11. The van der Waals surface area contributed by atoms with Crippen molar-refractivity contribution in [2.24, 2.45) is 0 Å². The molecule has 1 aliphatic heterocycles. The fourth-order valence-electron chi connectivity index (χ4n) is 3.61. The molecule has 3 heterocycles. The van der Waals surface area contributed by atoms with Crippen LogP contribution >= 0.6 is 11.8 Å². The highest BCUT2D eigenvalue weighted by Gasteiger charge is 2.28. The molecule has 1 aliphatic carbocycles. The van der Waals surface area contributed by atoms with Gasteiger partial charge >= 0.3 is 0 Å². The van der Waals surface area contributed by atoms with Gasteiger partial charge in [-0.1, -0.05) is 12.8 Å². The SMILES string of the molecule is O=C(CSC1CCCC1)N1CCC(c2nnc(-c3ccco3)o2)CC1. The van der Waals surface area contributed by atoms with Crippen molar-refractivity contribution in [3.63, 3.8) is 0 Å². The van der Waals surface area contributed by atoms with E-state index in [4.69, 9.17) is 8.83 Å². The Labute approximate surface area is 151 Å². The normalized spacial score (nSPS) is 19.6. The van der Waals surface area contributed by atoms with Crippen molar-refractivity contribution >= 4 is 17.7 Å². The first-order valence-electron chi connectivity index (χ1n) is 9.06. The smallest absolute Gasteiger partial charge is 0.283 e. The molecule has 7 heteroatoms. The van der Waals surface area contributed by atoms with Crippen LogP contribution in [0.3, 0.4) is 0 Å². The van der Waals surface area contributed by atoms with E-state index in [9.17, 15) is 4.79 Å². The average molecular weight is 361 g/mol. The second kappa shape index (κ2) is 7.64. The standard InChI is InChI=1S/C18H23N3O3S/c22-16(12-25-14-4-1-2-5-14)21-9-7-13(8-10-21)17-19-20-18(24-17)15-6-3-11-23-15/h3,6,11,13-14H,1-2,4-5,7-10,12H2. The molecule has 0 unspecified atom stereocenters. The van der Waals surface area contributed by atoms with Crippen LogP contribution in [-0.2, 0) is 4.79 Å². The zero-order chi connectivity index (χ0) is 17.1. The van der Waals surface area contributed by atoms with Gasteiger partial charge in [-0.3, -0.25) is 4.79 Å². The molecule has 1 amide bonds. The number of amides is 1. The summed E-state index contributed by atoms with van der Waals surface area (Å²) < 4.78 is 11.0. The molecule has 0 bridgehead atoms. The second-order valence-electron chi connectivity index (χ2n) is 6.80. The third-order valence-corrected chi connectivity index (χ3v) is 6.47. The summed E-state index contributed by atoms with van der Waals surface area (Å²) in [6.07, 6.45) is 8.53. The van der Waals surface area contributed by atoms with E-state index in [0.717, 1.165) is 25.9 Å². The van der Waals surface area contributed by atoms with E-state index in [1.54, 1.807) is 18.4 Å². The summed E-state index contributed by atoms with van der Waals surface area (Å²) in [6.45, 7) is 1.54. The number of aromatic nitrogens is 2. The van der Waals surface area contributed by atoms with Gasteiger partial charge in [0.15, 0.2) is 5.76 Å². The lowest BCUT2D eigenvalue weighted by atomic mass is 9.97. The van der Waals surface area contributed by atoms with Gasteiger partial charge in [-0.25, -0.2) is 0 Å². The summed E-state index contributed by atoms with van der Waals surface area (Å²) in [7, 11) is 0. The fourth-order valence-corrected chi connectivity index (χ4v) is 4.84. The van der Waals surface area contributed by atoms with E-state index in [0.29, 0.717) is 28.5 Å². The highest BCUT2D eigenvalue weighted by Crippen LogP contribution is 2.31. The Morgan fingerprint density at radius 2 is 2.00 bits per heavy atom. The van der Waals surface area contributed by atoms with Crippen molar-refractivity contribution < 1.29 is 13.6 Å². The van der Waals surface area contributed by atoms with Crippen LogP contribution in [0.4, 0.5) is 0 Å². The van der Waals surface area contributed by atoms with E-state index in [2.05, 4.69) is 10.2 Å². The van der Waals surface area contributed by atoms with Crippen molar-refractivity contribution in [1.82, 2.24) is 15.1 Å². The molecule has 0 spiro atoms. The summed E-state index contributed by atoms with van der Waals surface area (Å²) in [6, 6.07) is 3.60. The van der Waals surface area contributed by atoms with Crippen LogP contribution < -0.4 is 0 Å². The van der Waals surface area contributed by atoms with Gasteiger partial charge in [0.2, 0.25) is 11.8 Å². The molecule has 0 N–H and O–H groups in total. The first kappa shape index (κ1) is 16.7. The minimum absolute atomic E-state index is 0.225. The maximum Gasteiger partial charge on any atom is 0.283 e. The van der Waals surface area contributed by atoms with E-state index < -0.39 is 0 Å². The molecule has 2 fully saturated rings. The van der Waals surface area contributed by atoms with Gasteiger partial charge in [-0.2, -0.15) is 0 Å². The van der Waals surface area contributed by atoms with Crippen LogP contribution in [0.5, 0.6) is 0 Å². The number of piperidine rings is 1. The molecule has 2 aliphatic rings. The van der Waals surface area contributed by atoms with Crippen LogP contribution in [0.25, 0.3) is 11.7 Å². The number of hydrogen-bond donors (Lipinski definition) is 0. The molecular weight excluding hydrogens is 338 g/mol. The largest absolute Gasteiger partial charge is 0.459 e. The zero-order valence-corrected chi connectivity index (χ0v) is 15.0. The lowest BCUT2D eigenvalue weighted by Gasteiger charge is -2.30. The van der Waals surface area contributed by atoms with Crippen molar-refractivity contribution in [3.8, 4) is 11.7 Å². The quantitative estimate of drug-likeness (QED) is 0.808. The van der Waals surface area contributed by atoms with E-state index in [1.807, 2.05) is 16.7 Å². The Bertz CT molecular complexity index is 686. The number of hydrogen-bond acceptors (Lipinski definition) is 6. The molecule has 0 atom stereocenters. The molecule has 0 radical (unpaired) electrons. The summed E-state index contributed by atoms with van der Waals surface area (Å²) >= 11 is 1.84. The highest BCUT2D eigenvalue weighted by atomic mass is 32.2. The van der Waals surface area contributed by atoms with Crippen LogP contribution in [-0.4, -0.2) is 45.1 Å². The minimum atomic E-state index is 0.225.